The monoisotopic (exact) mass is 493 g/mol. The zero-order valence-corrected chi connectivity index (χ0v) is 19.5. The third-order valence-corrected chi connectivity index (χ3v) is 4.92. The number of hydrogen-bond donors (Lipinski definition) is 2. The van der Waals surface area contributed by atoms with Crippen LogP contribution in [0.25, 0.3) is 0 Å². The Balaban J connectivity index is 0.00000364. The molecule has 0 unspecified atom stereocenters. The highest BCUT2D eigenvalue weighted by Gasteiger charge is 2.19. The minimum Gasteiger partial charge on any atom is -0.383 e. The second kappa shape index (κ2) is 13.3. The van der Waals surface area contributed by atoms with Gasteiger partial charge < -0.3 is 24.8 Å². The van der Waals surface area contributed by atoms with E-state index < -0.39 is 0 Å². The summed E-state index contributed by atoms with van der Waals surface area (Å²) in [5.41, 5.74) is 0. The van der Waals surface area contributed by atoms with Crippen LogP contribution in [0.4, 0.5) is 0 Å². The largest absolute Gasteiger partial charge is 0.383 e. The second-order valence-electron chi connectivity index (χ2n) is 6.92. The number of hydrogen-bond acceptors (Lipinski definition) is 5. The number of aliphatic imine (C=N–C) groups is 1. The minimum atomic E-state index is 0. The molecule has 1 aliphatic heterocycles. The van der Waals surface area contributed by atoms with Gasteiger partial charge in [0, 0.05) is 46.4 Å². The molecule has 8 nitrogen and oxygen atoms in total. The van der Waals surface area contributed by atoms with Crippen LogP contribution in [0.5, 0.6) is 0 Å². The molecule has 0 atom stereocenters. The van der Waals surface area contributed by atoms with Crippen LogP contribution in [0.3, 0.4) is 0 Å². The van der Waals surface area contributed by atoms with Crippen molar-refractivity contribution in [1.82, 2.24) is 30.3 Å². The van der Waals surface area contributed by atoms with Gasteiger partial charge in [-0.3, -0.25) is 0 Å². The summed E-state index contributed by atoms with van der Waals surface area (Å²) in [6, 6.07) is 0.461. The molecule has 1 fully saturated rings. The molecule has 0 radical (unpaired) electrons. The molecule has 1 aliphatic rings. The first kappa shape index (κ1) is 24.1. The summed E-state index contributed by atoms with van der Waals surface area (Å²) >= 11 is 0. The summed E-state index contributed by atoms with van der Waals surface area (Å²) in [6.07, 6.45) is 4.56. The van der Waals surface area contributed by atoms with Gasteiger partial charge in [-0.25, -0.2) is 4.99 Å². The Kier molecular flexibility index (Phi) is 11.8. The number of methoxy groups -OCH3 is 1. The molecule has 2 N–H and O–H groups in total. The topological polar surface area (TPSA) is 79.6 Å². The molecule has 0 aliphatic carbocycles. The predicted molar refractivity (Wildman–Crippen MR) is 120 cm³/mol. The lowest BCUT2D eigenvalue weighted by Gasteiger charge is -2.32. The summed E-state index contributed by atoms with van der Waals surface area (Å²) in [5, 5.41) is 15.4. The maximum atomic E-state index is 5.18. The average molecular weight is 493 g/mol. The Morgan fingerprint density at radius 3 is 2.63 bits per heavy atom. The molecule has 9 heteroatoms. The Bertz CT molecular complexity index is 556. The van der Waals surface area contributed by atoms with Crippen LogP contribution in [-0.2, 0) is 18.3 Å². The van der Waals surface area contributed by atoms with Gasteiger partial charge >= 0.3 is 0 Å². The number of nitrogens with one attached hydrogen (secondary N) is 2. The van der Waals surface area contributed by atoms with E-state index in [9.17, 15) is 0 Å². The fourth-order valence-electron chi connectivity index (χ4n) is 2.99. The minimum absolute atomic E-state index is 0. The Hall–Kier alpha value is -0.940. The number of piperidine rings is 1. The van der Waals surface area contributed by atoms with Crippen molar-refractivity contribution < 1.29 is 4.74 Å². The molecule has 0 spiro atoms. The van der Waals surface area contributed by atoms with Crippen molar-refractivity contribution >= 4 is 29.9 Å². The molecular formula is C18H36IN7O. The number of rotatable bonds is 9. The summed E-state index contributed by atoms with van der Waals surface area (Å²) in [6.45, 7) is 9.65. The van der Waals surface area contributed by atoms with E-state index in [1.807, 2.05) is 18.5 Å². The molecule has 2 rings (SSSR count). The van der Waals surface area contributed by atoms with Crippen molar-refractivity contribution in [1.29, 1.82) is 0 Å². The number of unbranched alkanes of at least 4 members (excludes halogenated alkanes) is 1. The Morgan fingerprint density at radius 2 is 2.04 bits per heavy atom. The number of halogens is 1. The Morgan fingerprint density at radius 1 is 1.30 bits per heavy atom. The fraction of sp³-hybridized carbons (Fsp3) is 0.833. The second-order valence-corrected chi connectivity index (χ2v) is 6.92. The highest BCUT2D eigenvalue weighted by atomic mass is 127. The maximum Gasteiger partial charge on any atom is 0.191 e. The number of nitrogens with zero attached hydrogens (tertiary/aromatic N) is 5. The lowest BCUT2D eigenvalue weighted by atomic mass is 10.1. The number of guanidine groups is 1. The lowest BCUT2D eigenvalue weighted by molar-refractivity contribution is 0.128. The van der Waals surface area contributed by atoms with E-state index in [1.165, 1.54) is 6.42 Å². The van der Waals surface area contributed by atoms with Gasteiger partial charge in [0.1, 0.15) is 12.4 Å². The first-order valence-electron chi connectivity index (χ1n) is 9.75. The van der Waals surface area contributed by atoms with Gasteiger partial charge in [0.15, 0.2) is 11.8 Å². The van der Waals surface area contributed by atoms with Gasteiger partial charge in [0.2, 0.25) is 0 Å². The first-order valence-corrected chi connectivity index (χ1v) is 9.75. The van der Waals surface area contributed by atoms with Crippen LogP contribution < -0.4 is 10.6 Å². The van der Waals surface area contributed by atoms with Gasteiger partial charge in [-0.1, -0.05) is 13.3 Å². The Labute approximate surface area is 180 Å². The average Bonchev–Trinajstić information content (AvgIpc) is 2.97. The molecule has 0 aromatic carbocycles. The van der Waals surface area contributed by atoms with Gasteiger partial charge in [0.25, 0.3) is 0 Å². The van der Waals surface area contributed by atoms with Gasteiger partial charge in [-0.15, -0.1) is 34.2 Å². The summed E-state index contributed by atoms with van der Waals surface area (Å²) in [7, 11) is 3.74. The normalized spacial score (nSPS) is 16.2. The molecule has 1 saturated heterocycles. The van der Waals surface area contributed by atoms with Crippen LogP contribution in [0, 0.1) is 6.92 Å². The third kappa shape index (κ3) is 8.30. The highest BCUT2D eigenvalue weighted by molar-refractivity contribution is 14.0. The van der Waals surface area contributed by atoms with E-state index in [0.29, 0.717) is 12.6 Å². The van der Waals surface area contributed by atoms with Crippen molar-refractivity contribution in [2.45, 2.75) is 52.1 Å². The van der Waals surface area contributed by atoms with E-state index in [-0.39, 0.29) is 24.0 Å². The van der Waals surface area contributed by atoms with Crippen LogP contribution in [0.2, 0.25) is 0 Å². The van der Waals surface area contributed by atoms with Crippen LogP contribution in [-0.4, -0.2) is 71.6 Å². The van der Waals surface area contributed by atoms with E-state index in [2.05, 4.69) is 32.7 Å². The molecule has 0 saturated carbocycles. The standard InChI is InChI=1S/C18H35N7O.HI/c1-5-6-9-19-18(20-14-17-23-22-15(2)24(17)3)21-16-7-10-25(11-8-16)12-13-26-4;/h16H,5-14H2,1-4H3,(H2,19,20,21);1H. The fourth-order valence-corrected chi connectivity index (χ4v) is 2.99. The number of aromatic nitrogens is 3. The van der Waals surface area contributed by atoms with Crippen molar-refractivity contribution in [3.05, 3.63) is 11.6 Å². The number of likely N-dealkylation sites (tertiary alicyclic amines) is 1. The third-order valence-electron chi connectivity index (χ3n) is 4.92. The van der Waals surface area contributed by atoms with Gasteiger partial charge in [0.05, 0.1) is 6.61 Å². The summed E-state index contributed by atoms with van der Waals surface area (Å²) in [5.74, 6) is 2.68. The van der Waals surface area contributed by atoms with Gasteiger partial charge in [-0.05, 0) is 26.2 Å². The SMILES string of the molecule is CCCCNC(=NCc1nnc(C)n1C)NC1CCN(CCOC)CC1.I. The predicted octanol–water partition coefficient (Wildman–Crippen LogP) is 1.69. The van der Waals surface area contributed by atoms with E-state index in [4.69, 9.17) is 9.73 Å². The van der Waals surface area contributed by atoms with Crippen molar-refractivity contribution in [2.75, 3.05) is 39.9 Å². The molecule has 0 bridgehead atoms. The molecule has 1 aromatic rings. The molecule has 2 heterocycles. The zero-order valence-electron chi connectivity index (χ0n) is 17.2. The quantitative estimate of drug-likeness (QED) is 0.236. The summed E-state index contributed by atoms with van der Waals surface area (Å²) < 4.78 is 7.16. The maximum absolute atomic E-state index is 5.18. The van der Waals surface area contributed by atoms with Crippen molar-refractivity contribution in [3.63, 3.8) is 0 Å². The first-order chi connectivity index (χ1) is 12.6. The van der Waals surface area contributed by atoms with Gasteiger partial charge in [-0.2, -0.15) is 0 Å². The van der Waals surface area contributed by atoms with Crippen LogP contribution in [0.1, 0.15) is 44.3 Å². The molecule has 27 heavy (non-hydrogen) atoms. The van der Waals surface area contributed by atoms with Crippen LogP contribution in [0.15, 0.2) is 4.99 Å². The van der Waals surface area contributed by atoms with E-state index in [1.54, 1.807) is 7.11 Å². The number of aryl methyl sites for hydroxylation is 1. The summed E-state index contributed by atoms with van der Waals surface area (Å²) in [4.78, 5) is 7.20. The highest BCUT2D eigenvalue weighted by Crippen LogP contribution is 2.10. The van der Waals surface area contributed by atoms with E-state index in [0.717, 1.165) is 69.7 Å². The molecule has 1 aromatic heterocycles. The molecule has 156 valence electrons. The molecule has 0 amide bonds. The van der Waals surface area contributed by atoms with Crippen molar-refractivity contribution in [2.24, 2.45) is 12.0 Å². The molecular weight excluding hydrogens is 457 g/mol. The number of ether oxygens (including phenoxy) is 1. The van der Waals surface area contributed by atoms with Crippen molar-refractivity contribution in [3.8, 4) is 0 Å². The van der Waals surface area contributed by atoms with Crippen LogP contribution >= 0.6 is 24.0 Å². The lowest BCUT2D eigenvalue weighted by Crippen LogP contribution is -2.49. The zero-order chi connectivity index (χ0) is 18.8. The smallest absolute Gasteiger partial charge is 0.191 e. The van der Waals surface area contributed by atoms with E-state index >= 15 is 0 Å².